The van der Waals surface area contributed by atoms with Gasteiger partial charge in [0, 0.05) is 13.1 Å². The average molecular weight is 337 g/mol. The average Bonchev–Trinajstić information content (AvgIpc) is 3.25. The number of hydrogen-bond donors (Lipinski definition) is 1. The Morgan fingerprint density at radius 2 is 2.09 bits per heavy atom. The first-order chi connectivity index (χ1) is 10.9. The highest BCUT2D eigenvalue weighted by atomic mass is 32.2. The molecule has 23 heavy (non-hydrogen) atoms. The molecule has 4 rings (SSSR count). The summed E-state index contributed by atoms with van der Waals surface area (Å²) in [6.45, 7) is 3.49. The van der Waals surface area contributed by atoms with Crippen molar-refractivity contribution in [2.75, 3.05) is 18.0 Å². The molecule has 1 aliphatic carbocycles. The van der Waals surface area contributed by atoms with Gasteiger partial charge in [-0.05, 0) is 43.9 Å². The minimum atomic E-state index is -3.76. The van der Waals surface area contributed by atoms with E-state index in [4.69, 9.17) is 14.4 Å². The molecule has 1 aromatic carbocycles. The Morgan fingerprint density at radius 1 is 1.30 bits per heavy atom. The van der Waals surface area contributed by atoms with E-state index in [-0.39, 0.29) is 17.1 Å². The summed E-state index contributed by atoms with van der Waals surface area (Å²) in [4.78, 5) is 2.19. The molecule has 2 atom stereocenters. The number of primary sulfonamides is 1. The largest absolute Gasteiger partial charge is 0.371 e. The van der Waals surface area contributed by atoms with Gasteiger partial charge in [-0.2, -0.15) is 0 Å². The molecule has 1 saturated carbocycles. The van der Waals surface area contributed by atoms with Crippen molar-refractivity contribution in [3.05, 3.63) is 18.2 Å². The van der Waals surface area contributed by atoms with Crippen LogP contribution in [0.3, 0.4) is 0 Å². The Bertz CT molecular complexity index is 844. The quantitative estimate of drug-likeness (QED) is 0.911. The fraction of sp³-hybridized carbons (Fsp3) is 0.533. The fourth-order valence-electron chi connectivity index (χ4n) is 3.20. The van der Waals surface area contributed by atoms with Crippen LogP contribution in [0.2, 0.25) is 0 Å². The van der Waals surface area contributed by atoms with Crippen LogP contribution in [0.15, 0.2) is 27.6 Å². The van der Waals surface area contributed by atoms with E-state index >= 15 is 0 Å². The molecule has 0 bridgehead atoms. The number of sulfonamides is 1. The zero-order chi connectivity index (χ0) is 16.2. The molecule has 2 N–H and O–H groups in total. The van der Waals surface area contributed by atoms with Crippen molar-refractivity contribution >= 4 is 26.8 Å². The van der Waals surface area contributed by atoms with E-state index in [1.807, 2.05) is 6.92 Å². The maximum absolute atomic E-state index is 11.6. The van der Waals surface area contributed by atoms with E-state index in [0.717, 1.165) is 6.54 Å². The lowest BCUT2D eigenvalue weighted by Gasteiger charge is -2.37. The third-order valence-corrected chi connectivity index (χ3v) is 5.39. The second-order valence-corrected chi connectivity index (χ2v) is 8.00. The van der Waals surface area contributed by atoms with Crippen molar-refractivity contribution in [1.82, 2.24) is 5.16 Å². The van der Waals surface area contributed by atoms with E-state index in [2.05, 4.69) is 10.1 Å². The molecule has 1 aliphatic heterocycles. The number of rotatable bonds is 3. The summed E-state index contributed by atoms with van der Waals surface area (Å²) in [6, 6.07) is 4.55. The van der Waals surface area contributed by atoms with Crippen molar-refractivity contribution < 1.29 is 17.7 Å². The van der Waals surface area contributed by atoms with E-state index in [0.29, 0.717) is 29.2 Å². The van der Waals surface area contributed by atoms with Gasteiger partial charge in [0.1, 0.15) is 0 Å². The maximum Gasteiger partial charge on any atom is 0.238 e. The molecule has 2 fully saturated rings. The van der Waals surface area contributed by atoms with Crippen molar-refractivity contribution in [3.8, 4) is 0 Å². The normalized spacial score (nSPS) is 25.9. The number of fused-ring (bicyclic) bond motifs is 1. The van der Waals surface area contributed by atoms with Crippen LogP contribution in [0.4, 0.5) is 5.82 Å². The Morgan fingerprint density at radius 3 is 2.78 bits per heavy atom. The summed E-state index contributed by atoms with van der Waals surface area (Å²) in [5.74, 6) is 1.28. The molecule has 1 aromatic heterocycles. The summed E-state index contributed by atoms with van der Waals surface area (Å²) in [7, 11) is -3.76. The zero-order valence-electron chi connectivity index (χ0n) is 12.8. The molecule has 2 aromatic rings. The van der Waals surface area contributed by atoms with Gasteiger partial charge in [0.05, 0.1) is 22.5 Å². The highest BCUT2D eigenvalue weighted by Crippen LogP contribution is 2.38. The fourth-order valence-corrected chi connectivity index (χ4v) is 3.74. The molecule has 8 heteroatoms. The van der Waals surface area contributed by atoms with Gasteiger partial charge in [0.2, 0.25) is 10.0 Å². The smallest absolute Gasteiger partial charge is 0.238 e. The molecule has 1 saturated heterocycles. The van der Waals surface area contributed by atoms with Crippen molar-refractivity contribution in [1.29, 1.82) is 0 Å². The van der Waals surface area contributed by atoms with Crippen LogP contribution in [-0.2, 0) is 14.8 Å². The number of aromatic nitrogens is 1. The van der Waals surface area contributed by atoms with Crippen LogP contribution in [0.1, 0.15) is 19.8 Å². The van der Waals surface area contributed by atoms with Gasteiger partial charge in [0.15, 0.2) is 11.4 Å². The molecule has 0 amide bonds. The molecule has 7 nitrogen and oxygen atoms in total. The van der Waals surface area contributed by atoms with Crippen LogP contribution < -0.4 is 10.0 Å². The molecule has 0 spiro atoms. The van der Waals surface area contributed by atoms with E-state index in [1.165, 1.54) is 25.0 Å². The highest BCUT2D eigenvalue weighted by Gasteiger charge is 2.38. The summed E-state index contributed by atoms with van der Waals surface area (Å²) >= 11 is 0. The van der Waals surface area contributed by atoms with Gasteiger partial charge >= 0.3 is 0 Å². The zero-order valence-corrected chi connectivity index (χ0v) is 13.6. The maximum atomic E-state index is 11.6. The number of benzene rings is 1. The molecular weight excluding hydrogens is 318 g/mol. The van der Waals surface area contributed by atoms with E-state index in [1.54, 1.807) is 6.07 Å². The Hall–Kier alpha value is -1.64. The first kappa shape index (κ1) is 14.9. The van der Waals surface area contributed by atoms with Gasteiger partial charge in [-0.25, -0.2) is 13.6 Å². The Kier molecular flexibility index (Phi) is 3.36. The molecule has 2 aliphatic rings. The summed E-state index contributed by atoms with van der Waals surface area (Å²) in [6.07, 6.45) is 2.72. The highest BCUT2D eigenvalue weighted by molar-refractivity contribution is 7.89. The predicted molar refractivity (Wildman–Crippen MR) is 84.7 cm³/mol. The topological polar surface area (TPSA) is 98.7 Å². The Balaban J connectivity index is 1.72. The Labute approximate surface area is 134 Å². The third-order valence-electron chi connectivity index (χ3n) is 4.48. The van der Waals surface area contributed by atoms with Gasteiger partial charge in [-0.1, -0.05) is 5.16 Å². The van der Waals surface area contributed by atoms with Gasteiger partial charge in [-0.3, -0.25) is 0 Å². The molecule has 124 valence electrons. The van der Waals surface area contributed by atoms with Crippen LogP contribution in [0.5, 0.6) is 0 Å². The minimum absolute atomic E-state index is 0.0644. The number of nitrogens with two attached hydrogens (primary N) is 1. The second-order valence-electron chi connectivity index (χ2n) is 6.44. The lowest BCUT2D eigenvalue weighted by molar-refractivity contribution is -0.0274. The molecular formula is C15H19N3O4S. The third kappa shape index (κ3) is 2.82. The lowest BCUT2D eigenvalue weighted by atomic mass is 10.1. The number of hydrogen-bond acceptors (Lipinski definition) is 6. The number of nitrogens with zero attached hydrogens (tertiary/aromatic N) is 2. The minimum Gasteiger partial charge on any atom is -0.371 e. The SMILES string of the molecule is CC1CN(c2noc3ccc(S(N)(=O)=O)cc23)CC(C2CC2)O1. The van der Waals surface area contributed by atoms with Gasteiger partial charge in [0.25, 0.3) is 0 Å². The number of ether oxygens (including phenoxy) is 1. The van der Waals surface area contributed by atoms with Crippen molar-refractivity contribution in [2.45, 2.75) is 36.9 Å². The standard InChI is InChI=1S/C15H19N3O4S/c1-9-7-18(8-14(21-9)10-2-3-10)15-12-6-11(23(16,19)20)4-5-13(12)22-17-15/h4-6,9-10,14H,2-3,7-8H2,1H3,(H2,16,19,20). The summed E-state index contributed by atoms with van der Waals surface area (Å²) in [5, 5.41) is 10.0. The van der Waals surface area contributed by atoms with Crippen LogP contribution in [0.25, 0.3) is 11.0 Å². The first-order valence-corrected chi connectivity index (χ1v) is 9.29. The van der Waals surface area contributed by atoms with E-state index < -0.39 is 10.0 Å². The predicted octanol–water partition coefficient (Wildman–Crippen LogP) is 1.48. The monoisotopic (exact) mass is 337 g/mol. The summed E-state index contributed by atoms with van der Waals surface area (Å²) < 4.78 is 34.5. The first-order valence-electron chi connectivity index (χ1n) is 7.74. The van der Waals surface area contributed by atoms with Crippen LogP contribution in [0, 0.1) is 5.92 Å². The van der Waals surface area contributed by atoms with Crippen molar-refractivity contribution in [3.63, 3.8) is 0 Å². The number of morpholine rings is 1. The molecule has 2 heterocycles. The number of anilines is 1. The van der Waals surface area contributed by atoms with Crippen LogP contribution in [-0.4, -0.2) is 38.9 Å². The van der Waals surface area contributed by atoms with E-state index in [9.17, 15) is 8.42 Å². The second kappa shape index (κ2) is 5.19. The van der Waals surface area contributed by atoms with Crippen LogP contribution >= 0.6 is 0 Å². The van der Waals surface area contributed by atoms with Gasteiger partial charge in [-0.15, -0.1) is 0 Å². The lowest BCUT2D eigenvalue weighted by Crippen LogP contribution is -2.47. The molecule has 0 radical (unpaired) electrons. The summed E-state index contributed by atoms with van der Waals surface area (Å²) in [5.41, 5.74) is 0.550. The van der Waals surface area contributed by atoms with Gasteiger partial charge < -0.3 is 14.2 Å². The van der Waals surface area contributed by atoms with Crippen molar-refractivity contribution in [2.24, 2.45) is 11.1 Å². The molecule has 2 unspecified atom stereocenters.